The standard InChI is InChI=1S/C13H6F5NO2/c14-8-3-1-2-7(11(8)15)9-4-6(12(20)21)5-10(19-9)13(16,17)18/h1-5H,(H,20,21). The average molecular weight is 303 g/mol. The first kappa shape index (κ1) is 14.9. The largest absolute Gasteiger partial charge is 0.478 e. The van der Waals surface area contributed by atoms with Gasteiger partial charge in [0, 0.05) is 5.56 Å². The van der Waals surface area contributed by atoms with Crippen LogP contribution in [0.5, 0.6) is 0 Å². The van der Waals surface area contributed by atoms with Gasteiger partial charge in [-0.15, -0.1) is 0 Å². The van der Waals surface area contributed by atoms with Crippen LogP contribution >= 0.6 is 0 Å². The first-order valence-corrected chi connectivity index (χ1v) is 5.47. The van der Waals surface area contributed by atoms with Crippen molar-refractivity contribution in [1.29, 1.82) is 0 Å². The first-order valence-electron chi connectivity index (χ1n) is 5.47. The molecule has 0 aliphatic heterocycles. The molecule has 0 amide bonds. The molecule has 0 spiro atoms. The second-order valence-electron chi connectivity index (χ2n) is 4.03. The Kier molecular flexibility index (Phi) is 3.63. The lowest BCUT2D eigenvalue weighted by atomic mass is 10.1. The highest BCUT2D eigenvalue weighted by Crippen LogP contribution is 2.31. The molecule has 3 nitrogen and oxygen atoms in total. The summed E-state index contributed by atoms with van der Waals surface area (Å²) in [4.78, 5) is 14.0. The average Bonchev–Trinajstić information content (AvgIpc) is 2.40. The van der Waals surface area contributed by atoms with E-state index in [1.165, 1.54) is 0 Å². The second-order valence-corrected chi connectivity index (χ2v) is 4.03. The van der Waals surface area contributed by atoms with Crippen LogP contribution in [0.3, 0.4) is 0 Å². The Morgan fingerprint density at radius 3 is 2.38 bits per heavy atom. The molecule has 2 rings (SSSR count). The predicted octanol–water partition coefficient (Wildman–Crippen LogP) is 3.74. The second kappa shape index (κ2) is 5.12. The zero-order valence-corrected chi connectivity index (χ0v) is 10.1. The van der Waals surface area contributed by atoms with Crippen molar-refractivity contribution < 1.29 is 31.9 Å². The van der Waals surface area contributed by atoms with Gasteiger partial charge in [-0.2, -0.15) is 13.2 Å². The molecule has 8 heteroatoms. The van der Waals surface area contributed by atoms with Crippen LogP contribution in [0.1, 0.15) is 16.1 Å². The molecule has 0 saturated carbocycles. The zero-order valence-electron chi connectivity index (χ0n) is 10.1. The van der Waals surface area contributed by atoms with E-state index >= 15 is 0 Å². The lowest BCUT2D eigenvalue weighted by Gasteiger charge is -2.10. The van der Waals surface area contributed by atoms with E-state index in [0.29, 0.717) is 6.07 Å². The molecule has 21 heavy (non-hydrogen) atoms. The number of carboxylic acid groups (broad SMARTS) is 1. The molecule has 0 saturated heterocycles. The third-order valence-corrected chi connectivity index (χ3v) is 2.59. The Morgan fingerprint density at radius 2 is 1.81 bits per heavy atom. The van der Waals surface area contributed by atoms with E-state index in [1.54, 1.807) is 0 Å². The Hall–Kier alpha value is -2.51. The highest BCUT2D eigenvalue weighted by molar-refractivity contribution is 5.89. The number of hydrogen-bond acceptors (Lipinski definition) is 2. The monoisotopic (exact) mass is 303 g/mol. The van der Waals surface area contributed by atoms with Crippen molar-refractivity contribution in [2.75, 3.05) is 0 Å². The minimum absolute atomic E-state index is 0.322. The van der Waals surface area contributed by atoms with Crippen LogP contribution in [0.25, 0.3) is 11.3 Å². The van der Waals surface area contributed by atoms with Gasteiger partial charge in [-0.1, -0.05) is 6.07 Å². The summed E-state index contributed by atoms with van der Waals surface area (Å²) in [6.45, 7) is 0. The number of nitrogens with zero attached hydrogens (tertiary/aromatic N) is 1. The van der Waals surface area contributed by atoms with E-state index in [-0.39, 0.29) is 0 Å². The summed E-state index contributed by atoms with van der Waals surface area (Å²) in [5.41, 5.74) is -3.39. The summed E-state index contributed by atoms with van der Waals surface area (Å²) in [5, 5.41) is 8.81. The van der Waals surface area contributed by atoms with Gasteiger partial charge in [0.2, 0.25) is 0 Å². The van der Waals surface area contributed by atoms with Crippen LogP contribution in [0.15, 0.2) is 30.3 Å². The smallest absolute Gasteiger partial charge is 0.433 e. The van der Waals surface area contributed by atoms with Gasteiger partial charge in [0.1, 0.15) is 5.69 Å². The highest BCUT2D eigenvalue weighted by Gasteiger charge is 2.34. The number of carboxylic acids is 1. The van der Waals surface area contributed by atoms with Crippen molar-refractivity contribution in [3.8, 4) is 11.3 Å². The van der Waals surface area contributed by atoms with Gasteiger partial charge >= 0.3 is 12.1 Å². The van der Waals surface area contributed by atoms with Gasteiger partial charge in [0.05, 0.1) is 11.3 Å². The zero-order chi connectivity index (χ0) is 15.8. The molecule has 2 aromatic rings. The fourth-order valence-electron chi connectivity index (χ4n) is 1.64. The van der Waals surface area contributed by atoms with Gasteiger partial charge in [0.25, 0.3) is 0 Å². The first-order chi connectivity index (χ1) is 9.70. The van der Waals surface area contributed by atoms with Crippen molar-refractivity contribution in [3.05, 3.63) is 53.2 Å². The Labute approximate surface area is 114 Å². The number of alkyl halides is 3. The van der Waals surface area contributed by atoms with Crippen molar-refractivity contribution in [1.82, 2.24) is 4.98 Å². The van der Waals surface area contributed by atoms with E-state index in [1.807, 2.05) is 0 Å². The minimum Gasteiger partial charge on any atom is -0.478 e. The van der Waals surface area contributed by atoms with E-state index in [0.717, 1.165) is 24.3 Å². The molecule has 1 heterocycles. The molecule has 0 aliphatic rings. The normalized spacial score (nSPS) is 11.5. The highest BCUT2D eigenvalue weighted by atomic mass is 19.4. The summed E-state index contributed by atoms with van der Waals surface area (Å²) in [6, 6.07) is 3.94. The number of benzene rings is 1. The van der Waals surface area contributed by atoms with Crippen LogP contribution in [-0.4, -0.2) is 16.1 Å². The van der Waals surface area contributed by atoms with E-state index < -0.39 is 46.3 Å². The number of halogens is 5. The topological polar surface area (TPSA) is 50.2 Å². The van der Waals surface area contributed by atoms with E-state index in [2.05, 4.69) is 4.98 Å². The Balaban J connectivity index is 2.71. The SMILES string of the molecule is O=C(O)c1cc(-c2cccc(F)c2F)nc(C(F)(F)F)c1. The Morgan fingerprint density at radius 1 is 1.14 bits per heavy atom. The molecule has 0 unspecified atom stereocenters. The maximum atomic E-state index is 13.6. The van der Waals surface area contributed by atoms with Crippen LogP contribution in [-0.2, 0) is 6.18 Å². The van der Waals surface area contributed by atoms with Gasteiger partial charge in [0.15, 0.2) is 11.6 Å². The summed E-state index contributed by atoms with van der Waals surface area (Å²) in [6.07, 6.45) is -4.91. The maximum absolute atomic E-state index is 13.6. The van der Waals surface area contributed by atoms with Crippen LogP contribution in [0.4, 0.5) is 22.0 Å². The quantitative estimate of drug-likeness (QED) is 0.860. The van der Waals surface area contributed by atoms with Crippen molar-refractivity contribution in [3.63, 3.8) is 0 Å². The molecule has 0 atom stereocenters. The number of aromatic carboxylic acids is 1. The number of aromatic nitrogens is 1. The van der Waals surface area contributed by atoms with Gasteiger partial charge in [-0.25, -0.2) is 18.6 Å². The molecule has 1 N–H and O–H groups in total. The third-order valence-electron chi connectivity index (χ3n) is 2.59. The lowest BCUT2D eigenvalue weighted by Crippen LogP contribution is -2.11. The fraction of sp³-hybridized carbons (Fsp3) is 0.0769. The number of carbonyl (C=O) groups is 1. The molecule has 110 valence electrons. The summed E-state index contributed by atoms with van der Waals surface area (Å²) >= 11 is 0. The van der Waals surface area contributed by atoms with Crippen molar-refractivity contribution in [2.45, 2.75) is 6.18 Å². The molecule has 0 bridgehead atoms. The molecule has 1 aromatic heterocycles. The Bertz CT molecular complexity index is 712. The molecule has 0 fully saturated rings. The molecule has 0 aliphatic carbocycles. The van der Waals surface area contributed by atoms with Gasteiger partial charge in [-0.05, 0) is 24.3 Å². The predicted molar refractivity (Wildman–Crippen MR) is 61.6 cm³/mol. The summed E-state index contributed by atoms with van der Waals surface area (Å²) < 4.78 is 64.8. The van der Waals surface area contributed by atoms with Crippen molar-refractivity contribution >= 4 is 5.97 Å². The maximum Gasteiger partial charge on any atom is 0.433 e. The van der Waals surface area contributed by atoms with Gasteiger partial charge < -0.3 is 5.11 Å². The van der Waals surface area contributed by atoms with Gasteiger partial charge in [-0.3, -0.25) is 0 Å². The van der Waals surface area contributed by atoms with Crippen LogP contribution in [0, 0.1) is 11.6 Å². The van der Waals surface area contributed by atoms with E-state index in [9.17, 15) is 26.7 Å². The lowest BCUT2D eigenvalue weighted by molar-refractivity contribution is -0.141. The molecule has 0 radical (unpaired) electrons. The van der Waals surface area contributed by atoms with E-state index in [4.69, 9.17) is 5.11 Å². The van der Waals surface area contributed by atoms with Crippen LogP contribution in [0.2, 0.25) is 0 Å². The fourth-order valence-corrected chi connectivity index (χ4v) is 1.64. The molecular weight excluding hydrogens is 297 g/mol. The number of pyridine rings is 1. The van der Waals surface area contributed by atoms with Crippen molar-refractivity contribution in [2.24, 2.45) is 0 Å². The minimum atomic E-state index is -4.91. The van der Waals surface area contributed by atoms with Crippen LogP contribution < -0.4 is 0 Å². The molecule has 1 aromatic carbocycles. The summed E-state index contributed by atoms with van der Waals surface area (Å²) in [5.74, 6) is -4.31. The number of hydrogen-bond donors (Lipinski definition) is 1. The molecular formula is C13H6F5NO2. The third kappa shape index (κ3) is 2.99. The number of rotatable bonds is 2. The summed E-state index contributed by atoms with van der Waals surface area (Å²) in [7, 11) is 0.